The summed E-state index contributed by atoms with van der Waals surface area (Å²) in [5, 5.41) is 14.7. The van der Waals surface area contributed by atoms with E-state index < -0.39 is 29.9 Å². The number of nitrogens with one attached hydrogen (secondary N) is 2. The standard InChI is InChI=1S/C19H21N3O5/c23-12-14(9-13-5-2-1-3-6-13)20-17(24)10-16-18(25)22(19(26)21-16)11-15-7-4-8-27-15/h1-8,14,16,23H,9-12H2,(H,20,24)(H,21,26)/t14-,16+/m0/s1. The van der Waals surface area contributed by atoms with Crippen LogP contribution in [0.3, 0.4) is 0 Å². The lowest BCUT2D eigenvalue weighted by Crippen LogP contribution is -2.43. The molecule has 142 valence electrons. The molecule has 8 heteroatoms. The SMILES string of the molecule is O=C(C[C@H]1NC(=O)N(Cc2ccco2)C1=O)N[C@H](CO)Cc1ccccc1. The van der Waals surface area contributed by atoms with E-state index in [0.29, 0.717) is 12.2 Å². The third-order valence-corrected chi connectivity index (χ3v) is 4.30. The van der Waals surface area contributed by atoms with Crippen LogP contribution in [0.1, 0.15) is 17.7 Å². The fraction of sp³-hybridized carbons (Fsp3) is 0.316. The Bertz CT molecular complexity index is 791. The second-order valence-electron chi connectivity index (χ2n) is 6.35. The Hall–Kier alpha value is -3.13. The predicted molar refractivity (Wildman–Crippen MR) is 95.4 cm³/mol. The van der Waals surface area contributed by atoms with Gasteiger partial charge in [-0.2, -0.15) is 0 Å². The average Bonchev–Trinajstić information content (AvgIpc) is 3.26. The van der Waals surface area contributed by atoms with Crippen LogP contribution in [-0.4, -0.2) is 46.5 Å². The molecule has 3 N–H and O–H groups in total. The quantitative estimate of drug-likeness (QED) is 0.595. The van der Waals surface area contributed by atoms with Crippen LogP contribution >= 0.6 is 0 Å². The Morgan fingerprint density at radius 3 is 2.67 bits per heavy atom. The largest absolute Gasteiger partial charge is 0.467 e. The third-order valence-electron chi connectivity index (χ3n) is 4.30. The minimum Gasteiger partial charge on any atom is -0.467 e. The molecule has 1 aliphatic rings. The van der Waals surface area contributed by atoms with E-state index >= 15 is 0 Å². The van der Waals surface area contributed by atoms with Crippen molar-refractivity contribution in [3.05, 3.63) is 60.1 Å². The van der Waals surface area contributed by atoms with Gasteiger partial charge in [-0.1, -0.05) is 30.3 Å². The number of urea groups is 1. The van der Waals surface area contributed by atoms with Crippen LogP contribution in [0.15, 0.2) is 53.1 Å². The van der Waals surface area contributed by atoms with Gasteiger partial charge in [-0.15, -0.1) is 0 Å². The van der Waals surface area contributed by atoms with Gasteiger partial charge in [0.1, 0.15) is 11.8 Å². The molecule has 2 heterocycles. The topological polar surface area (TPSA) is 112 Å². The molecule has 1 aliphatic heterocycles. The van der Waals surface area contributed by atoms with Crippen LogP contribution in [0, 0.1) is 0 Å². The third kappa shape index (κ3) is 4.73. The summed E-state index contributed by atoms with van der Waals surface area (Å²) in [6, 6.07) is 10.8. The minimum atomic E-state index is -0.927. The van der Waals surface area contributed by atoms with E-state index in [1.807, 2.05) is 30.3 Å². The first-order valence-corrected chi connectivity index (χ1v) is 8.65. The highest BCUT2D eigenvalue weighted by Crippen LogP contribution is 2.14. The molecular formula is C19H21N3O5. The van der Waals surface area contributed by atoms with Crippen molar-refractivity contribution < 1.29 is 23.9 Å². The number of imide groups is 1. The summed E-state index contributed by atoms with van der Waals surface area (Å²) in [6.07, 6.45) is 1.74. The number of rotatable bonds is 8. The molecule has 3 rings (SSSR count). The molecule has 1 aromatic heterocycles. The van der Waals surface area contributed by atoms with Crippen molar-refractivity contribution in [2.45, 2.75) is 31.5 Å². The van der Waals surface area contributed by atoms with Gasteiger partial charge < -0.3 is 20.2 Å². The molecule has 8 nitrogen and oxygen atoms in total. The van der Waals surface area contributed by atoms with E-state index in [1.54, 1.807) is 12.1 Å². The van der Waals surface area contributed by atoms with Crippen molar-refractivity contribution in [3.63, 3.8) is 0 Å². The second kappa shape index (κ2) is 8.50. The van der Waals surface area contributed by atoms with Crippen molar-refractivity contribution >= 4 is 17.8 Å². The Kier molecular flexibility index (Phi) is 5.87. The number of nitrogens with zero attached hydrogens (tertiary/aromatic N) is 1. The van der Waals surface area contributed by atoms with E-state index in [4.69, 9.17) is 4.42 Å². The number of hydrogen-bond donors (Lipinski definition) is 3. The van der Waals surface area contributed by atoms with E-state index in [9.17, 15) is 19.5 Å². The van der Waals surface area contributed by atoms with E-state index in [-0.39, 0.29) is 19.6 Å². The summed E-state index contributed by atoms with van der Waals surface area (Å²) in [4.78, 5) is 37.7. The Labute approximate surface area is 156 Å². The second-order valence-corrected chi connectivity index (χ2v) is 6.35. The molecule has 27 heavy (non-hydrogen) atoms. The predicted octanol–water partition coefficient (Wildman–Crippen LogP) is 0.810. The first-order chi connectivity index (χ1) is 13.1. The van der Waals surface area contributed by atoms with Gasteiger partial charge >= 0.3 is 6.03 Å². The lowest BCUT2D eigenvalue weighted by molar-refractivity contribution is -0.131. The van der Waals surface area contributed by atoms with Crippen LogP contribution in [0.25, 0.3) is 0 Å². The Morgan fingerprint density at radius 2 is 2.00 bits per heavy atom. The van der Waals surface area contributed by atoms with Gasteiger partial charge in [-0.25, -0.2) is 4.79 Å². The van der Waals surface area contributed by atoms with Gasteiger partial charge in [0.15, 0.2) is 0 Å². The highest BCUT2D eigenvalue weighted by atomic mass is 16.3. The number of benzene rings is 1. The molecule has 0 spiro atoms. The number of furan rings is 1. The van der Waals surface area contributed by atoms with Crippen molar-refractivity contribution in [1.82, 2.24) is 15.5 Å². The zero-order chi connectivity index (χ0) is 19.2. The van der Waals surface area contributed by atoms with Gasteiger partial charge in [0.05, 0.1) is 31.9 Å². The minimum absolute atomic E-state index is 0.0169. The average molecular weight is 371 g/mol. The maximum absolute atomic E-state index is 12.4. The molecule has 0 unspecified atom stereocenters. The zero-order valence-electron chi connectivity index (χ0n) is 14.6. The number of carbonyl (C=O) groups is 3. The van der Waals surface area contributed by atoms with Gasteiger partial charge in [-0.05, 0) is 24.1 Å². The normalized spacial score (nSPS) is 17.7. The molecule has 2 atom stereocenters. The maximum Gasteiger partial charge on any atom is 0.325 e. The van der Waals surface area contributed by atoms with Crippen LogP contribution in [0.4, 0.5) is 4.79 Å². The summed E-state index contributed by atoms with van der Waals surface area (Å²) < 4.78 is 5.15. The first-order valence-electron chi connectivity index (χ1n) is 8.65. The lowest BCUT2D eigenvalue weighted by Gasteiger charge is -2.17. The highest BCUT2D eigenvalue weighted by molar-refractivity contribution is 6.05. The smallest absolute Gasteiger partial charge is 0.325 e. The van der Waals surface area contributed by atoms with Crippen molar-refractivity contribution in [2.75, 3.05) is 6.61 Å². The van der Waals surface area contributed by atoms with Crippen LogP contribution < -0.4 is 10.6 Å². The summed E-state index contributed by atoms with van der Waals surface area (Å²) in [6.45, 7) is -0.209. The number of carbonyl (C=O) groups excluding carboxylic acids is 3. The fourth-order valence-electron chi connectivity index (χ4n) is 2.96. The molecular weight excluding hydrogens is 350 g/mol. The van der Waals surface area contributed by atoms with Crippen LogP contribution in [0.2, 0.25) is 0 Å². The highest BCUT2D eigenvalue weighted by Gasteiger charge is 2.39. The molecule has 1 aromatic carbocycles. The number of aliphatic hydroxyl groups is 1. The number of amides is 4. The van der Waals surface area contributed by atoms with Crippen molar-refractivity contribution in [3.8, 4) is 0 Å². The van der Waals surface area contributed by atoms with Crippen LogP contribution in [0.5, 0.6) is 0 Å². The van der Waals surface area contributed by atoms with Gasteiger partial charge in [0, 0.05) is 0 Å². The first kappa shape index (κ1) is 18.7. The molecule has 2 aromatic rings. The maximum atomic E-state index is 12.4. The van der Waals surface area contributed by atoms with Crippen molar-refractivity contribution in [1.29, 1.82) is 0 Å². The van der Waals surface area contributed by atoms with Gasteiger partial charge in [-0.3, -0.25) is 14.5 Å². The molecule has 0 radical (unpaired) electrons. The molecule has 4 amide bonds. The molecule has 0 bridgehead atoms. The fourth-order valence-corrected chi connectivity index (χ4v) is 2.96. The molecule has 0 saturated carbocycles. The Balaban J connectivity index is 1.54. The molecule has 1 fully saturated rings. The monoisotopic (exact) mass is 371 g/mol. The number of hydrogen-bond acceptors (Lipinski definition) is 5. The van der Waals surface area contributed by atoms with E-state index in [1.165, 1.54) is 6.26 Å². The summed E-state index contributed by atoms with van der Waals surface area (Å²) in [5.41, 5.74) is 0.978. The van der Waals surface area contributed by atoms with Crippen LogP contribution in [-0.2, 0) is 22.6 Å². The summed E-state index contributed by atoms with van der Waals surface area (Å²) >= 11 is 0. The zero-order valence-corrected chi connectivity index (χ0v) is 14.6. The van der Waals surface area contributed by atoms with Crippen molar-refractivity contribution in [2.24, 2.45) is 0 Å². The summed E-state index contributed by atoms with van der Waals surface area (Å²) in [5.74, 6) is -0.412. The van der Waals surface area contributed by atoms with Gasteiger partial charge in [0.25, 0.3) is 5.91 Å². The Morgan fingerprint density at radius 1 is 1.22 bits per heavy atom. The van der Waals surface area contributed by atoms with E-state index in [0.717, 1.165) is 10.5 Å². The molecule has 0 aliphatic carbocycles. The van der Waals surface area contributed by atoms with E-state index in [2.05, 4.69) is 10.6 Å². The lowest BCUT2D eigenvalue weighted by atomic mass is 10.1. The molecule has 1 saturated heterocycles. The van der Waals surface area contributed by atoms with Gasteiger partial charge in [0.2, 0.25) is 5.91 Å². The number of aliphatic hydroxyl groups excluding tert-OH is 1. The summed E-state index contributed by atoms with van der Waals surface area (Å²) in [7, 11) is 0.